The molecule has 1 aromatic rings. The minimum absolute atomic E-state index is 0.0473. The fraction of sp³-hybridized carbons (Fsp3) is 0.538. The standard InChI is InChI=1S/C13H20O4/c1-13(2,8-14)9-6-10(15-3)12(17-5)11(7-9)16-4/h6-7,14H,8H2,1-5H3. The zero-order chi connectivity index (χ0) is 13.1. The molecule has 0 amide bonds. The highest BCUT2D eigenvalue weighted by atomic mass is 16.5. The second kappa shape index (κ2) is 5.27. The zero-order valence-electron chi connectivity index (χ0n) is 11.0. The smallest absolute Gasteiger partial charge is 0.203 e. The number of rotatable bonds is 5. The van der Waals surface area contributed by atoms with E-state index in [1.165, 1.54) is 0 Å². The molecule has 0 atom stereocenters. The van der Waals surface area contributed by atoms with Crippen LogP contribution in [0.2, 0.25) is 0 Å². The predicted molar refractivity (Wildman–Crippen MR) is 66.2 cm³/mol. The number of methoxy groups -OCH3 is 3. The monoisotopic (exact) mass is 240 g/mol. The maximum Gasteiger partial charge on any atom is 0.203 e. The van der Waals surface area contributed by atoms with Crippen molar-refractivity contribution in [3.05, 3.63) is 17.7 Å². The molecule has 0 unspecified atom stereocenters. The third kappa shape index (κ3) is 2.64. The van der Waals surface area contributed by atoms with Gasteiger partial charge in [0.05, 0.1) is 27.9 Å². The van der Waals surface area contributed by atoms with Gasteiger partial charge < -0.3 is 19.3 Å². The van der Waals surface area contributed by atoms with Gasteiger partial charge in [-0.2, -0.15) is 0 Å². The van der Waals surface area contributed by atoms with Gasteiger partial charge in [0.1, 0.15) is 0 Å². The molecule has 0 aliphatic carbocycles. The summed E-state index contributed by atoms with van der Waals surface area (Å²) in [7, 11) is 4.72. The van der Waals surface area contributed by atoms with E-state index in [1.54, 1.807) is 21.3 Å². The molecule has 0 saturated heterocycles. The summed E-state index contributed by atoms with van der Waals surface area (Å²) >= 11 is 0. The van der Waals surface area contributed by atoms with Gasteiger partial charge in [-0.3, -0.25) is 0 Å². The highest BCUT2D eigenvalue weighted by molar-refractivity contribution is 5.55. The van der Waals surface area contributed by atoms with E-state index >= 15 is 0 Å². The van der Waals surface area contributed by atoms with E-state index < -0.39 is 0 Å². The Bertz CT molecular complexity index is 360. The largest absolute Gasteiger partial charge is 0.493 e. The Morgan fingerprint density at radius 2 is 1.47 bits per heavy atom. The Balaban J connectivity index is 3.37. The molecule has 1 rings (SSSR count). The zero-order valence-corrected chi connectivity index (χ0v) is 11.0. The maximum absolute atomic E-state index is 9.39. The highest BCUT2D eigenvalue weighted by Crippen LogP contribution is 2.41. The van der Waals surface area contributed by atoms with Crippen molar-refractivity contribution in [2.24, 2.45) is 0 Å². The minimum Gasteiger partial charge on any atom is -0.493 e. The van der Waals surface area contributed by atoms with Crippen molar-refractivity contribution in [1.29, 1.82) is 0 Å². The van der Waals surface area contributed by atoms with Gasteiger partial charge in [0.2, 0.25) is 5.75 Å². The van der Waals surface area contributed by atoms with Crippen molar-refractivity contribution in [3.8, 4) is 17.2 Å². The van der Waals surface area contributed by atoms with E-state index in [4.69, 9.17) is 14.2 Å². The lowest BCUT2D eigenvalue weighted by Crippen LogP contribution is -2.22. The van der Waals surface area contributed by atoms with Crippen LogP contribution in [0, 0.1) is 0 Å². The number of aliphatic hydroxyl groups excluding tert-OH is 1. The first-order chi connectivity index (χ1) is 8.00. The van der Waals surface area contributed by atoms with Gasteiger partial charge in [0, 0.05) is 5.41 Å². The number of hydrogen-bond acceptors (Lipinski definition) is 4. The lowest BCUT2D eigenvalue weighted by Gasteiger charge is -2.24. The number of ether oxygens (including phenoxy) is 3. The van der Waals surface area contributed by atoms with Gasteiger partial charge in [0.25, 0.3) is 0 Å². The quantitative estimate of drug-likeness (QED) is 0.855. The summed E-state index contributed by atoms with van der Waals surface area (Å²) in [6, 6.07) is 3.72. The SMILES string of the molecule is COc1cc(C(C)(C)CO)cc(OC)c1OC. The summed E-state index contributed by atoms with van der Waals surface area (Å²) in [5, 5.41) is 9.39. The first kappa shape index (κ1) is 13.6. The van der Waals surface area contributed by atoms with Gasteiger partial charge in [-0.1, -0.05) is 13.8 Å². The molecular weight excluding hydrogens is 220 g/mol. The van der Waals surface area contributed by atoms with E-state index in [0.29, 0.717) is 17.2 Å². The van der Waals surface area contributed by atoms with Crippen LogP contribution in [-0.4, -0.2) is 33.0 Å². The predicted octanol–water partition coefficient (Wildman–Crippen LogP) is 1.98. The molecule has 0 aromatic heterocycles. The average Bonchev–Trinajstić information content (AvgIpc) is 2.36. The fourth-order valence-electron chi connectivity index (χ4n) is 1.56. The molecule has 0 aliphatic heterocycles. The number of benzene rings is 1. The molecule has 0 bridgehead atoms. The molecule has 0 radical (unpaired) electrons. The summed E-state index contributed by atoms with van der Waals surface area (Å²) in [5.41, 5.74) is 0.585. The molecule has 4 nitrogen and oxygen atoms in total. The Hall–Kier alpha value is -1.42. The topological polar surface area (TPSA) is 47.9 Å². The molecule has 4 heteroatoms. The third-order valence-corrected chi connectivity index (χ3v) is 2.84. The van der Waals surface area contributed by atoms with E-state index in [2.05, 4.69) is 0 Å². The van der Waals surface area contributed by atoms with Crippen LogP contribution in [0.3, 0.4) is 0 Å². The minimum atomic E-state index is -0.354. The molecular formula is C13H20O4. The van der Waals surface area contributed by atoms with Crippen molar-refractivity contribution >= 4 is 0 Å². The summed E-state index contributed by atoms with van der Waals surface area (Å²) in [4.78, 5) is 0. The van der Waals surface area contributed by atoms with Crippen molar-refractivity contribution in [2.75, 3.05) is 27.9 Å². The van der Waals surface area contributed by atoms with E-state index in [1.807, 2.05) is 26.0 Å². The molecule has 1 aromatic carbocycles. The van der Waals surface area contributed by atoms with Gasteiger partial charge in [0.15, 0.2) is 11.5 Å². The van der Waals surface area contributed by atoms with Crippen LogP contribution in [0.5, 0.6) is 17.2 Å². The highest BCUT2D eigenvalue weighted by Gasteiger charge is 2.23. The second-order valence-electron chi connectivity index (χ2n) is 4.46. The lowest BCUT2D eigenvalue weighted by atomic mass is 9.85. The van der Waals surface area contributed by atoms with E-state index in [9.17, 15) is 5.11 Å². The Labute approximate surface area is 102 Å². The van der Waals surface area contributed by atoms with Gasteiger partial charge in [-0.25, -0.2) is 0 Å². The van der Waals surface area contributed by atoms with Crippen LogP contribution >= 0.6 is 0 Å². The normalized spacial score (nSPS) is 11.2. The maximum atomic E-state index is 9.39. The molecule has 0 heterocycles. The Morgan fingerprint density at radius 3 is 1.76 bits per heavy atom. The first-order valence-electron chi connectivity index (χ1n) is 5.41. The van der Waals surface area contributed by atoms with Gasteiger partial charge in [-0.05, 0) is 17.7 Å². The number of hydrogen-bond donors (Lipinski definition) is 1. The molecule has 96 valence electrons. The first-order valence-corrected chi connectivity index (χ1v) is 5.41. The third-order valence-electron chi connectivity index (χ3n) is 2.84. The summed E-state index contributed by atoms with van der Waals surface area (Å²) in [6.07, 6.45) is 0. The summed E-state index contributed by atoms with van der Waals surface area (Å²) in [5.74, 6) is 1.76. The molecule has 0 spiro atoms. The molecule has 17 heavy (non-hydrogen) atoms. The molecule has 1 N–H and O–H groups in total. The van der Waals surface area contributed by atoms with Crippen molar-refractivity contribution in [1.82, 2.24) is 0 Å². The fourth-order valence-corrected chi connectivity index (χ4v) is 1.56. The van der Waals surface area contributed by atoms with Crippen LogP contribution < -0.4 is 14.2 Å². The van der Waals surface area contributed by atoms with E-state index in [0.717, 1.165) is 5.56 Å². The van der Waals surface area contributed by atoms with E-state index in [-0.39, 0.29) is 12.0 Å². The van der Waals surface area contributed by atoms with Crippen LogP contribution in [-0.2, 0) is 5.41 Å². The summed E-state index contributed by atoms with van der Waals surface area (Å²) < 4.78 is 15.8. The van der Waals surface area contributed by atoms with Gasteiger partial charge in [-0.15, -0.1) is 0 Å². The summed E-state index contributed by atoms with van der Waals surface area (Å²) in [6.45, 7) is 3.95. The van der Waals surface area contributed by atoms with Crippen LogP contribution in [0.25, 0.3) is 0 Å². The van der Waals surface area contributed by atoms with Crippen molar-refractivity contribution in [3.63, 3.8) is 0 Å². The van der Waals surface area contributed by atoms with Crippen LogP contribution in [0.1, 0.15) is 19.4 Å². The molecule has 0 aliphatic rings. The lowest BCUT2D eigenvalue weighted by molar-refractivity contribution is 0.217. The second-order valence-corrected chi connectivity index (χ2v) is 4.46. The molecule has 0 saturated carbocycles. The van der Waals surface area contributed by atoms with Crippen LogP contribution in [0.15, 0.2) is 12.1 Å². The van der Waals surface area contributed by atoms with Crippen LogP contribution in [0.4, 0.5) is 0 Å². The Morgan fingerprint density at radius 1 is 1.00 bits per heavy atom. The Kier molecular flexibility index (Phi) is 4.23. The van der Waals surface area contributed by atoms with Crippen molar-refractivity contribution in [2.45, 2.75) is 19.3 Å². The van der Waals surface area contributed by atoms with Crippen molar-refractivity contribution < 1.29 is 19.3 Å². The number of aliphatic hydroxyl groups is 1. The molecule has 0 fully saturated rings. The average molecular weight is 240 g/mol. The van der Waals surface area contributed by atoms with Gasteiger partial charge >= 0.3 is 0 Å².